The summed E-state index contributed by atoms with van der Waals surface area (Å²) in [6.07, 6.45) is 3.40. The van der Waals surface area contributed by atoms with Gasteiger partial charge >= 0.3 is 0 Å². The molecule has 0 saturated carbocycles. The molecule has 0 spiro atoms. The van der Waals surface area contributed by atoms with E-state index in [0.717, 1.165) is 24.2 Å². The number of benzene rings is 2. The molecule has 0 saturated heterocycles. The number of nitrogens with zero attached hydrogens (tertiary/aromatic N) is 1. The topological polar surface area (TPSA) is 69.2 Å². The maximum Gasteiger partial charge on any atom is 0.240 e. The Labute approximate surface area is 170 Å². The van der Waals surface area contributed by atoms with Crippen LogP contribution in [0.5, 0.6) is 17.2 Å². The fourth-order valence-corrected chi connectivity index (χ4v) is 2.92. The summed E-state index contributed by atoms with van der Waals surface area (Å²) in [7, 11) is 4.73. The van der Waals surface area contributed by atoms with E-state index in [2.05, 4.69) is 10.5 Å². The molecular weight excluding hydrogens is 380 g/mol. The highest BCUT2D eigenvalue weighted by atomic mass is 35.5. The van der Waals surface area contributed by atoms with Gasteiger partial charge in [0.2, 0.25) is 5.91 Å². The first kappa shape index (κ1) is 21.6. The van der Waals surface area contributed by atoms with Crippen LogP contribution in [0.25, 0.3) is 0 Å². The van der Waals surface area contributed by atoms with Gasteiger partial charge in [0.1, 0.15) is 5.75 Å². The van der Waals surface area contributed by atoms with Gasteiger partial charge in [-0.15, -0.1) is 0 Å². The average molecular weight is 405 g/mol. The molecule has 0 unspecified atom stereocenters. The van der Waals surface area contributed by atoms with Gasteiger partial charge in [-0.1, -0.05) is 17.7 Å². The van der Waals surface area contributed by atoms with Gasteiger partial charge in [-0.2, -0.15) is 5.10 Å². The first-order chi connectivity index (χ1) is 13.5. The third kappa shape index (κ3) is 5.89. The first-order valence-electron chi connectivity index (χ1n) is 8.85. The van der Waals surface area contributed by atoms with Crippen LogP contribution in [0.4, 0.5) is 0 Å². The molecule has 1 N–H and O–H groups in total. The molecule has 0 atom stereocenters. The lowest BCUT2D eigenvalue weighted by molar-refractivity contribution is -0.121. The van der Waals surface area contributed by atoms with E-state index in [4.69, 9.17) is 25.8 Å². The number of amides is 1. The first-order valence-corrected chi connectivity index (χ1v) is 9.23. The van der Waals surface area contributed by atoms with Crippen molar-refractivity contribution >= 4 is 23.7 Å². The zero-order chi connectivity index (χ0) is 20.5. The van der Waals surface area contributed by atoms with Crippen molar-refractivity contribution in [1.82, 2.24) is 5.43 Å². The number of hydrogen-bond donors (Lipinski definition) is 1. The van der Waals surface area contributed by atoms with Crippen molar-refractivity contribution in [2.24, 2.45) is 5.10 Å². The van der Waals surface area contributed by atoms with Gasteiger partial charge in [0.25, 0.3) is 0 Å². The molecule has 7 heteroatoms. The van der Waals surface area contributed by atoms with Crippen LogP contribution >= 0.6 is 11.6 Å². The van der Waals surface area contributed by atoms with E-state index in [0.29, 0.717) is 28.5 Å². The highest BCUT2D eigenvalue weighted by molar-refractivity contribution is 6.33. The molecule has 0 aliphatic carbocycles. The fraction of sp³-hybridized carbons (Fsp3) is 0.333. The average Bonchev–Trinajstić information content (AvgIpc) is 2.69. The molecule has 1 amide bonds. The van der Waals surface area contributed by atoms with Crippen molar-refractivity contribution in [3.63, 3.8) is 0 Å². The number of hydrazone groups is 1. The van der Waals surface area contributed by atoms with Gasteiger partial charge in [-0.3, -0.25) is 4.79 Å². The number of ether oxygens (including phenoxy) is 3. The number of aryl methyl sites for hydroxylation is 2. The van der Waals surface area contributed by atoms with E-state index < -0.39 is 0 Å². The molecule has 0 aromatic heterocycles. The summed E-state index contributed by atoms with van der Waals surface area (Å²) in [6.45, 7) is 2.04. The van der Waals surface area contributed by atoms with Crippen molar-refractivity contribution < 1.29 is 19.0 Å². The molecule has 0 aliphatic heterocycles. The summed E-state index contributed by atoms with van der Waals surface area (Å²) in [5, 5.41) is 4.43. The zero-order valence-corrected chi connectivity index (χ0v) is 17.3. The van der Waals surface area contributed by atoms with Crippen LogP contribution in [-0.4, -0.2) is 33.5 Å². The van der Waals surface area contributed by atoms with Crippen LogP contribution in [0.2, 0.25) is 5.02 Å². The second kappa shape index (κ2) is 10.6. The number of methoxy groups -OCH3 is 3. The number of carbonyl (C=O) groups is 1. The van der Waals surface area contributed by atoms with Crippen LogP contribution < -0.4 is 19.6 Å². The Morgan fingerprint density at radius 1 is 1.11 bits per heavy atom. The van der Waals surface area contributed by atoms with Crippen molar-refractivity contribution in [1.29, 1.82) is 0 Å². The molecule has 6 nitrogen and oxygen atoms in total. The fourth-order valence-electron chi connectivity index (χ4n) is 2.71. The number of nitrogens with one attached hydrogen (secondary N) is 1. The minimum Gasteiger partial charge on any atom is -0.497 e. The highest BCUT2D eigenvalue weighted by Gasteiger charge is 2.09. The molecule has 0 heterocycles. The van der Waals surface area contributed by atoms with E-state index in [1.807, 2.05) is 25.1 Å². The summed E-state index contributed by atoms with van der Waals surface area (Å²) in [5.74, 6) is 1.75. The van der Waals surface area contributed by atoms with Crippen LogP contribution in [0, 0.1) is 6.92 Å². The maximum atomic E-state index is 12.0. The number of halogens is 1. The Morgan fingerprint density at radius 3 is 2.46 bits per heavy atom. The van der Waals surface area contributed by atoms with Gasteiger partial charge in [-0.05, 0) is 49.1 Å². The van der Waals surface area contributed by atoms with E-state index in [9.17, 15) is 4.79 Å². The molecular formula is C21H25ClN2O4. The lowest BCUT2D eigenvalue weighted by Crippen LogP contribution is -2.17. The monoisotopic (exact) mass is 404 g/mol. The van der Waals surface area contributed by atoms with E-state index in [-0.39, 0.29) is 5.91 Å². The molecule has 28 heavy (non-hydrogen) atoms. The minimum absolute atomic E-state index is 0.154. The predicted molar refractivity (Wildman–Crippen MR) is 111 cm³/mol. The molecule has 2 aromatic rings. The SMILES string of the molecule is COc1ccc(CCCC(=O)N/N=C\c2cc(OC)c(OC)cc2Cl)c(C)c1. The standard InChI is InChI=1S/C21H25ClN2O4/c1-14-10-17(26-2)9-8-15(14)6-5-7-21(25)24-23-13-16-11-19(27-3)20(28-4)12-18(16)22/h8-13H,5-7H2,1-4H3,(H,24,25)/b23-13-. The Hall–Kier alpha value is -2.73. The number of rotatable bonds is 9. The lowest BCUT2D eigenvalue weighted by atomic mass is 10.0. The maximum absolute atomic E-state index is 12.0. The van der Waals surface area contributed by atoms with Gasteiger partial charge in [0.15, 0.2) is 11.5 Å². The van der Waals surface area contributed by atoms with Gasteiger partial charge in [0.05, 0.1) is 32.6 Å². The summed E-state index contributed by atoms with van der Waals surface area (Å²) in [6, 6.07) is 9.29. The lowest BCUT2D eigenvalue weighted by Gasteiger charge is -2.09. The van der Waals surface area contributed by atoms with E-state index in [1.165, 1.54) is 18.9 Å². The molecule has 0 radical (unpaired) electrons. The summed E-state index contributed by atoms with van der Waals surface area (Å²) < 4.78 is 15.6. The molecule has 2 rings (SSSR count). The van der Waals surface area contributed by atoms with Crippen LogP contribution in [0.3, 0.4) is 0 Å². The summed E-state index contributed by atoms with van der Waals surface area (Å²) in [4.78, 5) is 12.0. The van der Waals surface area contributed by atoms with E-state index >= 15 is 0 Å². The van der Waals surface area contributed by atoms with Crippen molar-refractivity contribution in [2.45, 2.75) is 26.2 Å². The van der Waals surface area contributed by atoms with E-state index in [1.54, 1.807) is 26.4 Å². The van der Waals surface area contributed by atoms with Gasteiger partial charge in [0, 0.05) is 18.1 Å². The quantitative estimate of drug-likeness (QED) is 0.503. The van der Waals surface area contributed by atoms with Gasteiger partial charge in [-0.25, -0.2) is 5.43 Å². The summed E-state index contributed by atoms with van der Waals surface area (Å²) >= 11 is 6.19. The number of carbonyl (C=O) groups excluding carboxylic acids is 1. The molecule has 2 aromatic carbocycles. The summed E-state index contributed by atoms with van der Waals surface area (Å²) in [5.41, 5.74) is 5.50. The largest absolute Gasteiger partial charge is 0.497 e. The highest BCUT2D eigenvalue weighted by Crippen LogP contribution is 2.32. The number of hydrogen-bond acceptors (Lipinski definition) is 5. The van der Waals surface area contributed by atoms with Crippen LogP contribution in [0.1, 0.15) is 29.5 Å². The van der Waals surface area contributed by atoms with Crippen LogP contribution in [-0.2, 0) is 11.2 Å². The molecule has 0 fully saturated rings. The second-order valence-electron chi connectivity index (χ2n) is 6.17. The third-order valence-corrected chi connectivity index (χ3v) is 4.62. The van der Waals surface area contributed by atoms with Crippen molar-refractivity contribution in [3.05, 3.63) is 52.0 Å². The van der Waals surface area contributed by atoms with Crippen molar-refractivity contribution in [3.8, 4) is 17.2 Å². The Kier molecular flexibility index (Phi) is 8.14. The zero-order valence-electron chi connectivity index (χ0n) is 16.5. The Bertz CT molecular complexity index is 853. The molecule has 0 aliphatic rings. The van der Waals surface area contributed by atoms with Crippen LogP contribution in [0.15, 0.2) is 35.4 Å². The predicted octanol–water partition coefficient (Wildman–Crippen LogP) is 4.15. The Morgan fingerprint density at radius 2 is 1.82 bits per heavy atom. The Balaban J connectivity index is 1.85. The third-order valence-electron chi connectivity index (χ3n) is 4.30. The second-order valence-corrected chi connectivity index (χ2v) is 6.58. The smallest absolute Gasteiger partial charge is 0.240 e. The minimum atomic E-state index is -0.154. The molecule has 150 valence electrons. The van der Waals surface area contributed by atoms with Gasteiger partial charge < -0.3 is 14.2 Å². The molecule has 0 bridgehead atoms. The normalized spacial score (nSPS) is 10.8. The van der Waals surface area contributed by atoms with Crippen molar-refractivity contribution in [2.75, 3.05) is 21.3 Å².